The summed E-state index contributed by atoms with van der Waals surface area (Å²) in [4.78, 5) is 5.56. The highest BCUT2D eigenvalue weighted by molar-refractivity contribution is 7.80. The van der Waals surface area contributed by atoms with Crippen LogP contribution in [0.3, 0.4) is 0 Å². The second-order valence-corrected chi connectivity index (χ2v) is 5.98. The molecule has 21 heavy (non-hydrogen) atoms. The molecule has 5 heteroatoms. The third-order valence-electron chi connectivity index (χ3n) is 4.18. The van der Waals surface area contributed by atoms with Gasteiger partial charge in [0.15, 0.2) is 0 Å². The van der Waals surface area contributed by atoms with Gasteiger partial charge in [-0.2, -0.15) is 0 Å². The van der Waals surface area contributed by atoms with Gasteiger partial charge in [0, 0.05) is 44.3 Å². The standard InChI is InChI=1S/C16H25N3OS/c1-3-13(12-16(17)21)18-8-10-19(11-9-18)14-4-6-15(20-2)7-5-14/h4-7,13H,3,8-12H2,1-2H3,(H2,17,21). The fraction of sp³-hybridized carbons (Fsp3) is 0.562. The maximum absolute atomic E-state index is 5.70. The molecule has 2 rings (SSSR count). The van der Waals surface area contributed by atoms with Crippen LogP contribution in [-0.2, 0) is 0 Å². The van der Waals surface area contributed by atoms with Crippen LogP contribution in [0.1, 0.15) is 19.8 Å². The van der Waals surface area contributed by atoms with Gasteiger partial charge in [0.05, 0.1) is 12.1 Å². The summed E-state index contributed by atoms with van der Waals surface area (Å²) in [6, 6.07) is 8.77. The van der Waals surface area contributed by atoms with E-state index >= 15 is 0 Å². The molecular formula is C16H25N3OS. The van der Waals surface area contributed by atoms with Gasteiger partial charge < -0.3 is 15.4 Å². The lowest BCUT2D eigenvalue weighted by Gasteiger charge is -2.40. The molecule has 0 radical (unpaired) electrons. The molecule has 0 bridgehead atoms. The Labute approximate surface area is 132 Å². The lowest BCUT2D eigenvalue weighted by molar-refractivity contribution is 0.184. The molecular weight excluding hydrogens is 282 g/mol. The van der Waals surface area contributed by atoms with Crippen LogP contribution in [0, 0.1) is 0 Å². The number of rotatable bonds is 6. The van der Waals surface area contributed by atoms with Crippen LogP contribution < -0.4 is 15.4 Å². The Morgan fingerprint density at radius 1 is 1.24 bits per heavy atom. The number of thiocarbonyl (C=S) groups is 1. The molecule has 116 valence electrons. The monoisotopic (exact) mass is 307 g/mol. The predicted molar refractivity (Wildman–Crippen MR) is 92.3 cm³/mol. The topological polar surface area (TPSA) is 41.7 Å². The van der Waals surface area contributed by atoms with Crippen LogP contribution in [0.5, 0.6) is 5.75 Å². The third-order valence-corrected chi connectivity index (χ3v) is 4.34. The number of methoxy groups -OCH3 is 1. The maximum atomic E-state index is 5.70. The van der Waals surface area contributed by atoms with Gasteiger partial charge in [-0.1, -0.05) is 19.1 Å². The molecule has 2 N–H and O–H groups in total. The van der Waals surface area contributed by atoms with Crippen LogP contribution >= 0.6 is 12.2 Å². The summed E-state index contributed by atoms with van der Waals surface area (Å²) < 4.78 is 5.21. The minimum absolute atomic E-state index is 0.487. The van der Waals surface area contributed by atoms with Crippen molar-refractivity contribution >= 4 is 22.9 Å². The molecule has 0 aliphatic carbocycles. The maximum Gasteiger partial charge on any atom is 0.119 e. The second-order valence-electron chi connectivity index (χ2n) is 5.45. The zero-order chi connectivity index (χ0) is 15.2. The fourth-order valence-corrected chi connectivity index (χ4v) is 3.09. The summed E-state index contributed by atoms with van der Waals surface area (Å²) in [6.07, 6.45) is 1.92. The van der Waals surface area contributed by atoms with Crippen LogP contribution in [0.2, 0.25) is 0 Å². The number of hydrogen-bond acceptors (Lipinski definition) is 4. The molecule has 0 aromatic heterocycles. The Morgan fingerprint density at radius 2 is 1.86 bits per heavy atom. The lowest BCUT2D eigenvalue weighted by Crippen LogP contribution is -2.51. The first-order valence-electron chi connectivity index (χ1n) is 7.55. The van der Waals surface area contributed by atoms with Crippen molar-refractivity contribution in [1.82, 2.24) is 4.90 Å². The first-order chi connectivity index (χ1) is 10.1. The lowest BCUT2D eigenvalue weighted by atomic mass is 10.1. The van der Waals surface area contributed by atoms with Gasteiger partial charge in [0.2, 0.25) is 0 Å². The number of hydrogen-bond donors (Lipinski definition) is 1. The molecule has 1 fully saturated rings. The van der Waals surface area contributed by atoms with Gasteiger partial charge in [0.1, 0.15) is 5.75 Å². The molecule has 1 aromatic rings. The Bertz CT molecular complexity index is 455. The van der Waals surface area contributed by atoms with Crippen molar-refractivity contribution in [3.63, 3.8) is 0 Å². The number of anilines is 1. The van der Waals surface area contributed by atoms with Crippen molar-refractivity contribution in [3.05, 3.63) is 24.3 Å². The molecule has 1 unspecified atom stereocenters. The molecule has 4 nitrogen and oxygen atoms in total. The van der Waals surface area contributed by atoms with Crippen molar-refractivity contribution in [3.8, 4) is 5.75 Å². The van der Waals surface area contributed by atoms with E-state index in [0.29, 0.717) is 11.0 Å². The fourth-order valence-electron chi connectivity index (χ4n) is 2.90. The first kappa shape index (κ1) is 16.0. The average molecular weight is 307 g/mol. The predicted octanol–water partition coefficient (Wildman–Crippen LogP) is 2.27. The zero-order valence-electron chi connectivity index (χ0n) is 12.9. The smallest absolute Gasteiger partial charge is 0.119 e. The van der Waals surface area contributed by atoms with Gasteiger partial charge >= 0.3 is 0 Å². The Balaban J connectivity index is 1.91. The normalized spacial score (nSPS) is 17.5. The van der Waals surface area contributed by atoms with E-state index < -0.39 is 0 Å². The van der Waals surface area contributed by atoms with E-state index in [2.05, 4.69) is 28.9 Å². The molecule has 1 aliphatic rings. The zero-order valence-corrected chi connectivity index (χ0v) is 13.7. The van der Waals surface area contributed by atoms with Crippen molar-refractivity contribution in [1.29, 1.82) is 0 Å². The average Bonchev–Trinajstić information content (AvgIpc) is 2.53. The summed E-state index contributed by atoms with van der Waals surface area (Å²) in [7, 11) is 1.69. The van der Waals surface area contributed by atoms with E-state index in [0.717, 1.165) is 44.8 Å². The van der Waals surface area contributed by atoms with Gasteiger partial charge in [0.25, 0.3) is 0 Å². The largest absolute Gasteiger partial charge is 0.497 e. The van der Waals surface area contributed by atoms with Crippen molar-refractivity contribution in [2.75, 3.05) is 38.2 Å². The molecule has 0 saturated carbocycles. The summed E-state index contributed by atoms with van der Waals surface area (Å²) in [5, 5.41) is 0. The highest BCUT2D eigenvalue weighted by Gasteiger charge is 2.23. The van der Waals surface area contributed by atoms with Crippen LogP contribution in [0.4, 0.5) is 5.69 Å². The summed E-state index contributed by atoms with van der Waals surface area (Å²) >= 11 is 5.06. The summed E-state index contributed by atoms with van der Waals surface area (Å²) in [6.45, 7) is 6.42. The Hall–Kier alpha value is -1.33. The minimum atomic E-state index is 0.487. The Morgan fingerprint density at radius 3 is 2.33 bits per heavy atom. The van der Waals surface area contributed by atoms with E-state index in [1.165, 1.54) is 5.69 Å². The molecule has 0 spiro atoms. The van der Waals surface area contributed by atoms with E-state index in [1.54, 1.807) is 7.11 Å². The molecule has 1 heterocycles. The Kier molecular flexibility index (Phi) is 5.82. The molecule has 1 aliphatic heterocycles. The van der Waals surface area contributed by atoms with Crippen LogP contribution in [0.25, 0.3) is 0 Å². The number of nitrogens with zero attached hydrogens (tertiary/aromatic N) is 2. The van der Waals surface area contributed by atoms with E-state index in [9.17, 15) is 0 Å². The molecule has 0 amide bonds. The van der Waals surface area contributed by atoms with Crippen LogP contribution in [0.15, 0.2) is 24.3 Å². The summed E-state index contributed by atoms with van der Waals surface area (Å²) in [5.41, 5.74) is 6.97. The van der Waals surface area contributed by atoms with E-state index in [-0.39, 0.29) is 0 Å². The van der Waals surface area contributed by atoms with Crippen molar-refractivity contribution in [2.24, 2.45) is 5.73 Å². The van der Waals surface area contributed by atoms with Gasteiger partial charge in [-0.15, -0.1) is 0 Å². The molecule has 1 atom stereocenters. The summed E-state index contributed by atoms with van der Waals surface area (Å²) in [5.74, 6) is 0.903. The van der Waals surface area contributed by atoms with Gasteiger partial charge in [-0.05, 0) is 30.7 Å². The third kappa shape index (κ3) is 4.32. The SMILES string of the molecule is CCC(CC(N)=S)N1CCN(c2ccc(OC)cc2)CC1. The highest BCUT2D eigenvalue weighted by Crippen LogP contribution is 2.21. The first-order valence-corrected chi connectivity index (χ1v) is 7.96. The van der Waals surface area contributed by atoms with Gasteiger partial charge in [-0.3, -0.25) is 4.90 Å². The number of piperazine rings is 1. The van der Waals surface area contributed by atoms with Crippen molar-refractivity contribution in [2.45, 2.75) is 25.8 Å². The molecule has 1 saturated heterocycles. The number of ether oxygens (including phenoxy) is 1. The van der Waals surface area contributed by atoms with Gasteiger partial charge in [-0.25, -0.2) is 0 Å². The van der Waals surface area contributed by atoms with E-state index in [4.69, 9.17) is 22.7 Å². The van der Waals surface area contributed by atoms with Crippen LogP contribution in [-0.4, -0.2) is 49.2 Å². The highest BCUT2D eigenvalue weighted by atomic mass is 32.1. The molecule has 1 aromatic carbocycles. The van der Waals surface area contributed by atoms with E-state index in [1.807, 2.05) is 12.1 Å². The quantitative estimate of drug-likeness (QED) is 0.817. The van der Waals surface area contributed by atoms with Crippen molar-refractivity contribution < 1.29 is 4.74 Å². The second kappa shape index (κ2) is 7.61. The number of benzene rings is 1. The number of nitrogens with two attached hydrogens (primary N) is 1. The minimum Gasteiger partial charge on any atom is -0.497 e.